The lowest BCUT2D eigenvalue weighted by Gasteiger charge is -2.33. The Kier molecular flexibility index (Phi) is 6.91. The Labute approximate surface area is 200 Å². The second-order valence-electron chi connectivity index (χ2n) is 8.62. The van der Waals surface area contributed by atoms with E-state index in [0.717, 1.165) is 42.5 Å². The third-order valence-electron chi connectivity index (χ3n) is 6.02. The van der Waals surface area contributed by atoms with E-state index in [1.54, 1.807) is 24.3 Å². The van der Waals surface area contributed by atoms with Gasteiger partial charge in [-0.1, -0.05) is 62.1 Å². The predicted octanol–water partition coefficient (Wildman–Crippen LogP) is 5.38. The lowest BCUT2D eigenvalue weighted by Crippen LogP contribution is -2.42. The zero-order valence-electron chi connectivity index (χ0n) is 18.9. The normalized spacial score (nSPS) is 16.2. The van der Waals surface area contributed by atoms with Crippen molar-refractivity contribution in [3.8, 4) is 11.3 Å². The summed E-state index contributed by atoms with van der Waals surface area (Å²) in [6, 6.07) is 16.2. The molecule has 0 aliphatic carbocycles. The molecule has 1 aliphatic rings. The van der Waals surface area contributed by atoms with Crippen molar-refractivity contribution < 1.29 is 13.2 Å². The van der Waals surface area contributed by atoms with Crippen LogP contribution in [0.15, 0.2) is 59.5 Å². The topological polar surface area (TPSA) is 72.3 Å². The van der Waals surface area contributed by atoms with Gasteiger partial charge >= 0.3 is 0 Å². The smallest absolute Gasteiger partial charge is 0.272 e. The van der Waals surface area contributed by atoms with Crippen molar-refractivity contribution in [2.24, 2.45) is 0 Å². The average molecular weight is 486 g/mol. The predicted molar refractivity (Wildman–Crippen MR) is 130 cm³/mol. The molecule has 174 valence electrons. The Morgan fingerprint density at radius 1 is 1.06 bits per heavy atom. The summed E-state index contributed by atoms with van der Waals surface area (Å²) in [6.07, 6.45) is 5.47. The Morgan fingerprint density at radius 2 is 1.76 bits per heavy atom. The largest absolute Gasteiger partial charge is 0.331 e. The number of unbranched alkanes of at least 4 members (excludes halogenated alkanes) is 2. The van der Waals surface area contributed by atoms with Gasteiger partial charge in [0.25, 0.3) is 5.91 Å². The molecule has 1 aromatic heterocycles. The Bertz CT molecular complexity index is 1230. The average Bonchev–Trinajstić information content (AvgIpc) is 3.23. The van der Waals surface area contributed by atoms with Gasteiger partial charge in [-0.15, -0.1) is 0 Å². The first-order chi connectivity index (χ1) is 15.8. The van der Waals surface area contributed by atoms with Gasteiger partial charge in [0.15, 0.2) is 9.84 Å². The summed E-state index contributed by atoms with van der Waals surface area (Å²) >= 11 is 6.03. The fraction of sp³-hybridized carbons (Fsp3) is 0.360. The fourth-order valence-electron chi connectivity index (χ4n) is 4.21. The summed E-state index contributed by atoms with van der Waals surface area (Å²) < 4.78 is 25.4. The molecule has 4 rings (SSSR count). The number of carbonyl (C=O) groups is 1. The van der Waals surface area contributed by atoms with Crippen LogP contribution in [0.2, 0.25) is 5.02 Å². The third-order valence-corrected chi connectivity index (χ3v) is 7.41. The van der Waals surface area contributed by atoms with E-state index in [1.165, 1.54) is 6.26 Å². The zero-order valence-corrected chi connectivity index (χ0v) is 20.4. The van der Waals surface area contributed by atoms with Gasteiger partial charge in [-0.3, -0.25) is 9.48 Å². The molecular weight excluding hydrogens is 458 g/mol. The first-order valence-corrected chi connectivity index (χ1v) is 13.5. The number of hydrogen-bond acceptors (Lipinski definition) is 4. The highest BCUT2D eigenvalue weighted by Gasteiger charge is 2.33. The molecule has 0 radical (unpaired) electrons. The molecule has 2 aromatic carbocycles. The third kappa shape index (κ3) is 5.31. The van der Waals surface area contributed by atoms with Crippen LogP contribution in [0.1, 0.15) is 54.7 Å². The van der Waals surface area contributed by atoms with Crippen LogP contribution in [0.4, 0.5) is 0 Å². The highest BCUT2D eigenvalue weighted by molar-refractivity contribution is 7.90. The molecule has 3 aromatic rings. The van der Waals surface area contributed by atoms with E-state index < -0.39 is 9.84 Å². The van der Waals surface area contributed by atoms with Gasteiger partial charge < -0.3 is 4.90 Å². The van der Waals surface area contributed by atoms with Crippen LogP contribution < -0.4 is 0 Å². The lowest BCUT2D eigenvalue weighted by atomic mass is 10.0. The van der Waals surface area contributed by atoms with Crippen molar-refractivity contribution in [3.63, 3.8) is 0 Å². The number of fused-ring (bicyclic) bond motifs is 1. The maximum atomic E-state index is 13.4. The zero-order chi connectivity index (χ0) is 23.6. The summed E-state index contributed by atoms with van der Waals surface area (Å²) in [5.74, 6) is -0.0679. The van der Waals surface area contributed by atoms with Gasteiger partial charge in [0.1, 0.15) is 5.69 Å². The van der Waals surface area contributed by atoms with Gasteiger partial charge in [0.2, 0.25) is 0 Å². The molecule has 1 aliphatic heterocycles. The van der Waals surface area contributed by atoms with Crippen LogP contribution in [0.3, 0.4) is 0 Å². The van der Waals surface area contributed by atoms with Gasteiger partial charge in [-0.2, -0.15) is 5.10 Å². The van der Waals surface area contributed by atoms with Crippen molar-refractivity contribution in [1.29, 1.82) is 0 Å². The minimum absolute atomic E-state index is 0.0679. The van der Waals surface area contributed by atoms with Crippen molar-refractivity contribution in [2.45, 2.75) is 50.1 Å². The van der Waals surface area contributed by atoms with E-state index >= 15 is 0 Å². The number of carbonyl (C=O) groups excluding carboxylic acids is 1. The van der Waals surface area contributed by atoms with E-state index in [1.807, 2.05) is 39.9 Å². The number of halogens is 1. The van der Waals surface area contributed by atoms with Crippen molar-refractivity contribution in [3.05, 3.63) is 70.9 Å². The molecule has 1 atom stereocenters. The van der Waals surface area contributed by atoms with E-state index in [2.05, 4.69) is 6.92 Å². The molecule has 0 bridgehead atoms. The summed E-state index contributed by atoms with van der Waals surface area (Å²) in [6.45, 7) is 3.18. The second-order valence-corrected chi connectivity index (χ2v) is 11.1. The molecule has 0 spiro atoms. The molecule has 0 saturated carbocycles. The van der Waals surface area contributed by atoms with Crippen LogP contribution in [-0.2, 0) is 16.4 Å². The van der Waals surface area contributed by atoms with Crippen LogP contribution >= 0.6 is 11.6 Å². The molecule has 2 heterocycles. The van der Waals surface area contributed by atoms with Crippen LogP contribution in [0.25, 0.3) is 11.3 Å². The van der Waals surface area contributed by atoms with Crippen molar-refractivity contribution in [2.75, 3.05) is 12.8 Å². The minimum Gasteiger partial charge on any atom is -0.331 e. The molecule has 0 saturated heterocycles. The van der Waals surface area contributed by atoms with Gasteiger partial charge in [-0.25, -0.2) is 8.42 Å². The first-order valence-electron chi connectivity index (χ1n) is 11.2. The Balaban J connectivity index is 1.62. The summed E-state index contributed by atoms with van der Waals surface area (Å²) in [5.41, 5.74) is 3.16. The monoisotopic (exact) mass is 485 g/mol. The SMILES string of the molecule is CCCCCC1CN(Cc2ccc(S(C)(=O)=O)cc2)C(=O)c2cc(-c3ccc(Cl)cc3)nn21. The number of amides is 1. The van der Waals surface area contributed by atoms with Crippen LogP contribution in [-0.4, -0.2) is 41.8 Å². The van der Waals surface area contributed by atoms with E-state index in [-0.39, 0.29) is 16.8 Å². The first kappa shape index (κ1) is 23.5. The van der Waals surface area contributed by atoms with Crippen LogP contribution in [0.5, 0.6) is 0 Å². The number of rotatable bonds is 8. The summed E-state index contributed by atoms with van der Waals surface area (Å²) in [7, 11) is -3.25. The number of aromatic nitrogens is 2. The van der Waals surface area contributed by atoms with E-state index in [0.29, 0.717) is 23.8 Å². The molecule has 6 nitrogen and oxygen atoms in total. The number of nitrogens with zero attached hydrogens (tertiary/aromatic N) is 3. The van der Waals surface area contributed by atoms with Crippen molar-refractivity contribution >= 4 is 27.3 Å². The number of sulfone groups is 1. The maximum absolute atomic E-state index is 13.4. The maximum Gasteiger partial charge on any atom is 0.272 e. The highest BCUT2D eigenvalue weighted by atomic mass is 35.5. The van der Waals surface area contributed by atoms with E-state index in [9.17, 15) is 13.2 Å². The number of benzene rings is 2. The molecular formula is C25H28ClN3O3S. The summed E-state index contributed by atoms with van der Waals surface area (Å²) in [5, 5.41) is 5.46. The second kappa shape index (κ2) is 9.69. The summed E-state index contributed by atoms with van der Waals surface area (Å²) in [4.78, 5) is 15.5. The molecule has 0 fully saturated rings. The standard InChI is InChI=1S/C25H28ClN3O3S/c1-3-4-5-6-21-17-28(16-18-7-13-22(14-8-18)33(2,31)32)25(30)24-15-23(27-29(21)24)19-9-11-20(26)12-10-19/h7-15,21H,3-6,16-17H2,1-2H3. The van der Waals surface area contributed by atoms with Gasteiger partial charge in [0.05, 0.1) is 16.6 Å². The molecule has 1 unspecified atom stereocenters. The molecule has 33 heavy (non-hydrogen) atoms. The van der Waals surface area contributed by atoms with Gasteiger partial charge in [0, 0.05) is 29.9 Å². The van der Waals surface area contributed by atoms with Gasteiger partial charge in [-0.05, 0) is 42.3 Å². The lowest BCUT2D eigenvalue weighted by molar-refractivity contribution is 0.0634. The molecule has 8 heteroatoms. The van der Waals surface area contributed by atoms with E-state index in [4.69, 9.17) is 16.7 Å². The minimum atomic E-state index is -3.25. The van der Waals surface area contributed by atoms with Crippen LogP contribution in [0, 0.1) is 0 Å². The highest BCUT2D eigenvalue weighted by Crippen LogP contribution is 2.30. The number of hydrogen-bond donors (Lipinski definition) is 0. The Hall–Kier alpha value is -2.64. The Morgan fingerprint density at radius 3 is 2.39 bits per heavy atom. The van der Waals surface area contributed by atoms with Crippen molar-refractivity contribution in [1.82, 2.24) is 14.7 Å². The fourth-order valence-corrected chi connectivity index (χ4v) is 4.97. The quantitative estimate of drug-likeness (QED) is 0.401. The molecule has 1 amide bonds. The molecule has 0 N–H and O–H groups in total.